The molecule has 1 aliphatic rings. The number of sulfonamides is 1. The van der Waals surface area contributed by atoms with Gasteiger partial charge in [0, 0.05) is 28.1 Å². The van der Waals surface area contributed by atoms with Crippen molar-refractivity contribution in [1.29, 1.82) is 0 Å². The van der Waals surface area contributed by atoms with Crippen molar-refractivity contribution in [3.05, 3.63) is 45.7 Å². The maximum absolute atomic E-state index is 12.5. The van der Waals surface area contributed by atoms with Gasteiger partial charge in [-0.15, -0.1) is 11.3 Å². The molecule has 24 heavy (non-hydrogen) atoms. The molecule has 1 aromatic heterocycles. The predicted octanol–water partition coefficient (Wildman–Crippen LogP) is 3.48. The largest absolute Gasteiger partial charge is 0.326 e. The molecule has 1 aliphatic heterocycles. The first kappa shape index (κ1) is 17.6. The Labute approximate surface area is 153 Å². The number of benzene rings is 1. The lowest BCUT2D eigenvalue weighted by molar-refractivity contribution is -0.115. The molecule has 0 aliphatic carbocycles. The zero-order chi connectivity index (χ0) is 17.2. The van der Waals surface area contributed by atoms with Crippen molar-refractivity contribution < 1.29 is 13.2 Å². The number of rotatable bonds is 5. The Morgan fingerprint density at radius 1 is 1.21 bits per heavy atom. The molecule has 0 atom stereocenters. The topological polar surface area (TPSA) is 66.5 Å². The van der Waals surface area contributed by atoms with Crippen LogP contribution in [0.5, 0.6) is 0 Å². The van der Waals surface area contributed by atoms with Gasteiger partial charge < -0.3 is 5.32 Å². The minimum Gasteiger partial charge on any atom is -0.326 e. The van der Waals surface area contributed by atoms with Crippen LogP contribution in [-0.2, 0) is 21.2 Å². The highest BCUT2D eigenvalue weighted by Gasteiger charge is 2.28. The number of nitrogens with one attached hydrogen (secondary N) is 1. The molecular weight excluding hydrogens is 412 g/mol. The van der Waals surface area contributed by atoms with E-state index in [0.29, 0.717) is 23.0 Å². The maximum Gasteiger partial charge on any atom is 0.252 e. The van der Waals surface area contributed by atoms with Gasteiger partial charge in [-0.05, 0) is 43.2 Å². The molecular formula is C16H17BrN2O3S2. The normalized spacial score (nSPS) is 15.5. The zero-order valence-corrected chi connectivity index (χ0v) is 16.1. The second-order valence-corrected chi connectivity index (χ2v) is 9.82. The van der Waals surface area contributed by atoms with Gasteiger partial charge in [0.05, 0.1) is 6.42 Å². The lowest BCUT2D eigenvalue weighted by atomic mass is 10.3. The van der Waals surface area contributed by atoms with E-state index in [1.165, 1.54) is 15.6 Å². The number of anilines is 1. The van der Waals surface area contributed by atoms with Crippen molar-refractivity contribution in [2.45, 2.75) is 23.5 Å². The van der Waals surface area contributed by atoms with E-state index in [2.05, 4.69) is 21.2 Å². The summed E-state index contributed by atoms with van der Waals surface area (Å²) in [7, 11) is -3.40. The van der Waals surface area contributed by atoms with Crippen molar-refractivity contribution in [2.24, 2.45) is 0 Å². The van der Waals surface area contributed by atoms with E-state index in [4.69, 9.17) is 0 Å². The molecule has 3 rings (SSSR count). The van der Waals surface area contributed by atoms with Gasteiger partial charge in [-0.2, -0.15) is 4.31 Å². The third-order valence-corrected chi connectivity index (χ3v) is 7.68. The molecule has 1 fully saturated rings. The molecule has 0 radical (unpaired) electrons. The Kier molecular flexibility index (Phi) is 5.39. The molecule has 1 amide bonds. The van der Waals surface area contributed by atoms with Gasteiger partial charge in [0.15, 0.2) is 0 Å². The number of halogens is 1. The molecule has 2 heterocycles. The number of thiophene rings is 1. The number of amides is 1. The predicted molar refractivity (Wildman–Crippen MR) is 98.8 cm³/mol. The fourth-order valence-corrected chi connectivity index (χ4v) is 6.00. The van der Waals surface area contributed by atoms with E-state index in [1.807, 2.05) is 18.2 Å². The summed E-state index contributed by atoms with van der Waals surface area (Å²) < 4.78 is 27.7. The Hall–Kier alpha value is -1.22. The van der Waals surface area contributed by atoms with Crippen LogP contribution < -0.4 is 5.32 Å². The zero-order valence-electron chi connectivity index (χ0n) is 12.9. The van der Waals surface area contributed by atoms with E-state index >= 15 is 0 Å². The summed E-state index contributed by atoms with van der Waals surface area (Å²) in [5.74, 6) is -0.167. The quantitative estimate of drug-likeness (QED) is 0.792. The molecule has 1 N–H and O–H groups in total. The van der Waals surface area contributed by atoms with Crippen LogP contribution in [0.2, 0.25) is 0 Å². The van der Waals surface area contributed by atoms with Crippen LogP contribution in [-0.4, -0.2) is 31.7 Å². The summed E-state index contributed by atoms with van der Waals surface area (Å²) in [5.41, 5.74) is 0.704. The highest BCUT2D eigenvalue weighted by Crippen LogP contribution is 2.27. The van der Waals surface area contributed by atoms with Gasteiger partial charge in [-0.3, -0.25) is 4.79 Å². The first-order chi connectivity index (χ1) is 11.4. The average Bonchev–Trinajstić information content (AvgIpc) is 3.18. The van der Waals surface area contributed by atoms with Crippen molar-refractivity contribution >= 4 is 48.9 Å². The number of carbonyl (C=O) groups excluding carboxylic acids is 1. The Bertz CT molecular complexity index is 843. The molecule has 128 valence electrons. The van der Waals surface area contributed by atoms with Crippen LogP contribution in [0.1, 0.15) is 17.7 Å². The summed E-state index contributed by atoms with van der Waals surface area (Å²) >= 11 is 4.52. The van der Waals surface area contributed by atoms with Crippen LogP contribution in [0.15, 0.2) is 45.1 Å². The van der Waals surface area contributed by atoms with E-state index in [0.717, 1.165) is 22.2 Å². The van der Waals surface area contributed by atoms with Gasteiger partial charge in [0.25, 0.3) is 10.0 Å². The van der Waals surface area contributed by atoms with Crippen LogP contribution in [0.4, 0.5) is 5.69 Å². The third kappa shape index (κ3) is 4.05. The second kappa shape index (κ2) is 7.35. The number of nitrogens with zero attached hydrogens (tertiary/aromatic N) is 1. The Balaban J connectivity index is 1.66. The standard InChI is InChI=1S/C16H17BrN2O3S2/c17-12-4-3-5-13(10-12)18-15(20)11-14-6-7-16(23-14)24(21,22)19-8-1-2-9-19/h3-7,10H,1-2,8-9,11H2,(H,18,20). The van der Waals surface area contributed by atoms with E-state index in [9.17, 15) is 13.2 Å². The molecule has 1 saturated heterocycles. The first-order valence-corrected chi connectivity index (χ1v) is 10.6. The average molecular weight is 429 g/mol. The molecule has 0 unspecified atom stereocenters. The van der Waals surface area contributed by atoms with Crippen LogP contribution in [0.25, 0.3) is 0 Å². The van der Waals surface area contributed by atoms with Crippen molar-refractivity contribution in [3.8, 4) is 0 Å². The van der Waals surface area contributed by atoms with Gasteiger partial charge in [-0.1, -0.05) is 22.0 Å². The summed E-state index contributed by atoms with van der Waals surface area (Å²) in [6, 6.07) is 10.7. The lowest BCUT2D eigenvalue weighted by Gasteiger charge is -2.13. The van der Waals surface area contributed by atoms with E-state index < -0.39 is 10.0 Å². The van der Waals surface area contributed by atoms with Crippen LogP contribution in [0, 0.1) is 0 Å². The fraction of sp³-hybridized carbons (Fsp3) is 0.312. The number of hydrogen-bond acceptors (Lipinski definition) is 4. The highest BCUT2D eigenvalue weighted by atomic mass is 79.9. The molecule has 0 spiro atoms. The van der Waals surface area contributed by atoms with Gasteiger partial charge in [0.1, 0.15) is 4.21 Å². The Morgan fingerprint density at radius 2 is 1.96 bits per heavy atom. The Morgan fingerprint density at radius 3 is 2.67 bits per heavy atom. The molecule has 2 aromatic rings. The van der Waals surface area contributed by atoms with E-state index in [-0.39, 0.29) is 12.3 Å². The van der Waals surface area contributed by atoms with Crippen LogP contribution >= 0.6 is 27.3 Å². The summed E-state index contributed by atoms with van der Waals surface area (Å²) in [6.07, 6.45) is 1.98. The monoisotopic (exact) mass is 428 g/mol. The SMILES string of the molecule is O=C(Cc1ccc(S(=O)(=O)N2CCCC2)s1)Nc1cccc(Br)c1. The highest BCUT2D eigenvalue weighted by molar-refractivity contribution is 9.10. The minimum atomic E-state index is -3.40. The molecule has 8 heteroatoms. The first-order valence-electron chi connectivity index (χ1n) is 7.59. The summed E-state index contributed by atoms with van der Waals surface area (Å²) in [5, 5.41) is 2.81. The van der Waals surface area contributed by atoms with Crippen molar-refractivity contribution in [3.63, 3.8) is 0 Å². The van der Waals surface area contributed by atoms with Crippen molar-refractivity contribution in [1.82, 2.24) is 4.31 Å². The van der Waals surface area contributed by atoms with Gasteiger partial charge in [-0.25, -0.2) is 8.42 Å². The lowest BCUT2D eigenvalue weighted by Crippen LogP contribution is -2.27. The van der Waals surface area contributed by atoms with Crippen molar-refractivity contribution in [2.75, 3.05) is 18.4 Å². The second-order valence-electron chi connectivity index (χ2n) is 5.57. The molecule has 5 nitrogen and oxygen atoms in total. The molecule has 0 saturated carbocycles. The summed E-state index contributed by atoms with van der Waals surface area (Å²) in [6.45, 7) is 1.16. The van der Waals surface area contributed by atoms with Gasteiger partial charge >= 0.3 is 0 Å². The number of hydrogen-bond donors (Lipinski definition) is 1. The van der Waals surface area contributed by atoms with Crippen LogP contribution in [0.3, 0.4) is 0 Å². The fourth-order valence-electron chi connectivity index (χ4n) is 2.58. The maximum atomic E-state index is 12.5. The van der Waals surface area contributed by atoms with E-state index in [1.54, 1.807) is 18.2 Å². The molecule has 1 aromatic carbocycles. The minimum absolute atomic E-state index is 0.159. The van der Waals surface area contributed by atoms with Gasteiger partial charge in [0.2, 0.25) is 5.91 Å². The summed E-state index contributed by atoms with van der Waals surface area (Å²) in [4.78, 5) is 12.9. The number of carbonyl (C=O) groups is 1. The third-order valence-electron chi connectivity index (χ3n) is 3.74. The smallest absolute Gasteiger partial charge is 0.252 e. The molecule has 0 bridgehead atoms.